The monoisotopic (exact) mass is 268 g/mol. The Morgan fingerprint density at radius 3 is 2.00 bits per heavy atom. The van der Waals surface area contributed by atoms with Crippen molar-refractivity contribution in [3.63, 3.8) is 0 Å². The molecule has 0 heterocycles. The lowest BCUT2D eigenvalue weighted by Gasteiger charge is -2.18. The summed E-state index contributed by atoms with van der Waals surface area (Å²) in [6.07, 6.45) is -0.226. The quantitative estimate of drug-likeness (QED) is 0.772. The molecule has 0 radical (unpaired) electrons. The first-order valence-electron chi connectivity index (χ1n) is 6.04. The number of carbonyl (C=O) groups excluding carboxylic acids is 1. The molecule has 0 aliphatic rings. The molecule has 0 amide bonds. The standard InChI is InChI=1S/C14H21O3P/c1-9(2)17-18(6,16)14(15)13-11(4)7-10(3)8-12(13)5/h7-9H,1-6H3. The fraction of sp³-hybridized carbons (Fsp3) is 0.500. The third-order valence-corrected chi connectivity index (χ3v) is 4.46. The molecule has 0 aliphatic carbocycles. The summed E-state index contributed by atoms with van der Waals surface area (Å²) < 4.78 is 17.6. The average molecular weight is 268 g/mol. The Labute approximate surface area is 109 Å². The van der Waals surface area contributed by atoms with Crippen molar-refractivity contribution in [2.45, 2.75) is 40.7 Å². The van der Waals surface area contributed by atoms with Gasteiger partial charge >= 0.3 is 0 Å². The summed E-state index contributed by atoms with van der Waals surface area (Å²) in [6, 6.07) is 3.85. The van der Waals surface area contributed by atoms with Gasteiger partial charge in [-0.2, -0.15) is 0 Å². The van der Waals surface area contributed by atoms with Crippen LogP contribution >= 0.6 is 7.37 Å². The molecule has 0 aromatic heterocycles. The summed E-state index contributed by atoms with van der Waals surface area (Å²) in [4.78, 5) is 12.4. The molecular weight excluding hydrogens is 247 g/mol. The summed E-state index contributed by atoms with van der Waals surface area (Å²) in [6.45, 7) is 10.7. The van der Waals surface area contributed by atoms with E-state index in [1.54, 1.807) is 13.8 Å². The van der Waals surface area contributed by atoms with Crippen LogP contribution < -0.4 is 0 Å². The van der Waals surface area contributed by atoms with E-state index in [-0.39, 0.29) is 11.6 Å². The van der Waals surface area contributed by atoms with Gasteiger partial charge in [0.05, 0.1) is 6.10 Å². The van der Waals surface area contributed by atoms with Crippen LogP contribution in [0.2, 0.25) is 0 Å². The Balaban J connectivity index is 3.24. The number of rotatable bonds is 4. The molecule has 0 N–H and O–H groups in total. The second-order valence-electron chi connectivity index (χ2n) is 5.08. The lowest BCUT2D eigenvalue weighted by atomic mass is 10.0. The Bertz CT molecular complexity index is 495. The minimum atomic E-state index is -3.27. The first-order chi connectivity index (χ1) is 8.15. The molecule has 0 saturated heterocycles. The van der Waals surface area contributed by atoms with Crippen LogP contribution in [0.15, 0.2) is 12.1 Å². The van der Waals surface area contributed by atoms with E-state index < -0.39 is 7.37 Å². The van der Waals surface area contributed by atoms with Crippen LogP contribution in [-0.4, -0.2) is 18.3 Å². The lowest BCUT2D eigenvalue weighted by molar-refractivity contribution is 0.104. The zero-order valence-electron chi connectivity index (χ0n) is 11.9. The lowest BCUT2D eigenvalue weighted by Crippen LogP contribution is -2.11. The molecule has 1 atom stereocenters. The fourth-order valence-corrected chi connectivity index (χ4v) is 3.83. The van der Waals surface area contributed by atoms with Crippen molar-refractivity contribution in [2.75, 3.05) is 6.66 Å². The van der Waals surface area contributed by atoms with Crippen LogP contribution in [0.5, 0.6) is 0 Å². The number of benzene rings is 1. The van der Waals surface area contributed by atoms with Crippen LogP contribution in [-0.2, 0) is 9.09 Å². The minimum absolute atomic E-state index is 0.226. The Kier molecular flexibility index (Phi) is 4.52. The molecule has 0 spiro atoms. The maximum atomic E-state index is 12.4. The second-order valence-corrected chi connectivity index (χ2v) is 7.39. The maximum Gasteiger partial charge on any atom is 0.268 e. The number of carbonyl (C=O) groups is 1. The zero-order chi connectivity index (χ0) is 14.1. The van der Waals surface area contributed by atoms with Gasteiger partial charge in [0.2, 0.25) is 5.52 Å². The Morgan fingerprint density at radius 1 is 1.17 bits per heavy atom. The SMILES string of the molecule is Cc1cc(C)c(C(=O)P(C)(=O)OC(C)C)c(C)c1. The van der Waals surface area contributed by atoms with E-state index >= 15 is 0 Å². The molecule has 0 bridgehead atoms. The first-order valence-corrected chi connectivity index (χ1v) is 8.11. The van der Waals surface area contributed by atoms with Gasteiger partial charge < -0.3 is 4.52 Å². The molecule has 100 valence electrons. The highest BCUT2D eigenvalue weighted by molar-refractivity contribution is 7.76. The minimum Gasteiger partial charge on any atom is -0.321 e. The van der Waals surface area contributed by atoms with Crippen molar-refractivity contribution in [3.8, 4) is 0 Å². The Morgan fingerprint density at radius 2 is 1.61 bits per heavy atom. The summed E-state index contributed by atoms with van der Waals surface area (Å²) in [5.41, 5.74) is 2.95. The largest absolute Gasteiger partial charge is 0.321 e. The van der Waals surface area contributed by atoms with Gasteiger partial charge in [0, 0.05) is 12.2 Å². The van der Waals surface area contributed by atoms with E-state index in [0.717, 1.165) is 16.7 Å². The van der Waals surface area contributed by atoms with Crippen molar-refractivity contribution in [1.82, 2.24) is 0 Å². The molecule has 0 saturated carbocycles. The molecular formula is C14H21O3P. The molecule has 1 unspecified atom stereocenters. The summed E-state index contributed by atoms with van der Waals surface area (Å²) in [5, 5.41) is 0. The molecule has 3 nitrogen and oxygen atoms in total. The average Bonchev–Trinajstić information content (AvgIpc) is 2.13. The van der Waals surface area contributed by atoms with Gasteiger partial charge in [0.25, 0.3) is 7.37 Å². The van der Waals surface area contributed by atoms with Gasteiger partial charge in [0.1, 0.15) is 0 Å². The summed E-state index contributed by atoms with van der Waals surface area (Å²) in [7, 11) is -3.27. The highest BCUT2D eigenvalue weighted by Crippen LogP contribution is 2.48. The van der Waals surface area contributed by atoms with E-state index in [1.807, 2.05) is 32.9 Å². The summed E-state index contributed by atoms with van der Waals surface area (Å²) >= 11 is 0. The van der Waals surface area contributed by atoms with Crippen LogP contribution in [0.25, 0.3) is 0 Å². The predicted molar refractivity (Wildman–Crippen MR) is 74.7 cm³/mol. The first kappa shape index (κ1) is 15.1. The molecule has 1 aromatic carbocycles. The van der Waals surface area contributed by atoms with E-state index in [2.05, 4.69) is 0 Å². The Hall–Kier alpha value is -0.920. The van der Waals surface area contributed by atoms with Crippen molar-refractivity contribution < 1.29 is 13.9 Å². The predicted octanol–water partition coefficient (Wildman–Crippen LogP) is 4.08. The van der Waals surface area contributed by atoms with Crippen LogP contribution in [0.4, 0.5) is 0 Å². The third kappa shape index (κ3) is 3.30. The van der Waals surface area contributed by atoms with E-state index in [1.165, 1.54) is 6.66 Å². The molecule has 0 fully saturated rings. The fourth-order valence-electron chi connectivity index (χ4n) is 2.17. The van der Waals surface area contributed by atoms with E-state index in [0.29, 0.717) is 5.56 Å². The zero-order valence-corrected chi connectivity index (χ0v) is 12.8. The van der Waals surface area contributed by atoms with Gasteiger partial charge in [-0.15, -0.1) is 0 Å². The van der Waals surface area contributed by atoms with Crippen molar-refractivity contribution in [1.29, 1.82) is 0 Å². The highest BCUT2D eigenvalue weighted by Gasteiger charge is 2.31. The van der Waals surface area contributed by atoms with Crippen LogP contribution in [0.3, 0.4) is 0 Å². The normalized spacial score (nSPS) is 14.6. The molecule has 1 aromatic rings. The van der Waals surface area contributed by atoms with Gasteiger partial charge in [-0.25, -0.2) is 0 Å². The summed E-state index contributed by atoms with van der Waals surface area (Å²) in [5.74, 6) is 0. The maximum absolute atomic E-state index is 12.4. The number of hydrogen-bond donors (Lipinski definition) is 0. The van der Waals surface area contributed by atoms with E-state index in [9.17, 15) is 9.36 Å². The molecule has 0 aliphatic heterocycles. The number of hydrogen-bond acceptors (Lipinski definition) is 3. The topological polar surface area (TPSA) is 43.4 Å². The van der Waals surface area contributed by atoms with E-state index in [4.69, 9.17) is 4.52 Å². The van der Waals surface area contributed by atoms with Crippen molar-refractivity contribution in [2.24, 2.45) is 0 Å². The van der Waals surface area contributed by atoms with Gasteiger partial charge in [-0.05, 0) is 45.7 Å². The third-order valence-electron chi connectivity index (χ3n) is 2.67. The van der Waals surface area contributed by atoms with Crippen molar-refractivity contribution >= 4 is 12.9 Å². The smallest absolute Gasteiger partial charge is 0.268 e. The van der Waals surface area contributed by atoms with Gasteiger partial charge in [-0.3, -0.25) is 9.36 Å². The molecule has 4 heteroatoms. The van der Waals surface area contributed by atoms with Crippen LogP contribution in [0.1, 0.15) is 40.9 Å². The molecule has 18 heavy (non-hydrogen) atoms. The second kappa shape index (κ2) is 5.38. The molecule has 1 rings (SSSR count). The number of aryl methyl sites for hydroxylation is 3. The van der Waals surface area contributed by atoms with Gasteiger partial charge in [-0.1, -0.05) is 17.7 Å². The van der Waals surface area contributed by atoms with Gasteiger partial charge in [0.15, 0.2) is 0 Å². The van der Waals surface area contributed by atoms with Crippen LogP contribution in [0, 0.1) is 20.8 Å². The van der Waals surface area contributed by atoms with Crippen molar-refractivity contribution in [3.05, 3.63) is 34.4 Å². The highest BCUT2D eigenvalue weighted by atomic mass is 31.2.